The molecule has 0 saturated carbocycles. The first-order chi connectivity index (χ1) is 6.84. The smallest absolute Gasteiger partial charge is 0.0622 e. The number of hydrogen-bond acceptors (Lipinski definition) is 2. The topological polar surface area (TPSA) is 23.8 Å². The second-order valence-electron chi connectivity index (χ2n) is 3.19. The molecule has 0 aliphatic heterocycles. The Labute approximate surface area is 90.1 Å². The van der Waals surface area contributed by atoms with E-state index < -0.39 is 0 Å². The van der Waals surface area contributed by atoms with Crippen LogP contribution in [0.2, 0.25) is 0 Å². The molecule has 14 heavy (non-hydrogen) atoms. The van der Waals surface area contributed by atoms with Crippen LogP contribution in [0.15, 0.2) is 30.3 Å². The zero-order valence-electron chi connectivity index (χ0n) is 8.44. The summed E-state index contributed by atoms with van der Waals surface area (Å²) in [4.78, 5) is 0. The van der Waals surface area contributed by atoms with Crippen molar-refractivity contribution in [3.05, 3.63) is 35.9 Å². The quantitative estimate of drug-likeness (QED) is 0.683. The molecule has 0 fully saturated rings. The molecular weight excluding hydrogens is 190 g/mol. The molecule has 0 aliphatic rings. The van der Waals surface area contributed by atoms with Crippen molar-refractivity contribution < 1.29 is 0 Å². The number of nitriles is 1. The van der Waals surface area contributed by atoms with Gasteiger partial charge in [-0.05, 0) is 24.7 Å². The fraction of sp³-hybridized carbons (Fsp3) is 0.417. The zero-order chi connectivity index (χ0) is 10.2. The molecule has 0 amide bonds. The molecule has 2 heteroatoms. The highest BCUT2D eigenvalue weighted by molar-refractivity contribution is 7.99. The average Bonchev–Trinajstić information content (AvgIpc) is 2.25. The van der Waals surface area contributed by atoms with Crippen molar-refractivity contribution in [2.75, 3.05) is 5.75 Å². The number of thioether (sulfide) groups is 1. The van der Waals surface area contributed by atoms with Crippen molar-refractivity contribution in [2.24, 2.45) is 0 Å². The first-order valence-corrected chi connectivity index (χ1v) is 5.93. The fourth-order valence-corrected chi connectivity index (χ4v) is 2.25. The van der Waals surface area contributed by atoms with Gasteiger partial charge in [0.25, 0.3) is 0 Å². The molecule has 0 aromatic heterocycles. The third-order valence-corrected chi connectivity index (χ3v) is 3.37. The highest BCUT2D eigenvalue weighted by Crippen LogP contribution is 2.28. The predicted molar refractivity (Wildman–Crippen MR) is 62.2 cm³/mol. The minimum atomic E-state index is 0.537. The van der Waals surface area contributed by atoms with Gasteiger partial charge >= 0.3 is 0 Å². The summed E-state index contributed by atoms with van der Waals surface area (Å²) in [6, 6.07) is 12.7. The zero-order valence-corrected chi connectivity index (χ0v) is 9.26. The summed E-state index contributed by atoms with van der Waals surface area (Å²) in [7, 11) is 0. The second kappa shape index (κ2) is 6.50. The number of hydrogen-bond donors (Lipinski definition) is 0. The lowest BCUT2D eigenvalue weighted by molar-refractivity contribution is 0.971. The maximum absolute atomic E-state index is 8.39. The summed E-state index contributed by atoms with van der Waals surface area (Å²) in [5, 5.41) is 8.93. The summed E-state index contributed by atoms with van der Waals surface area (Å²) in [5.41, 5.74) is 1.37. The SMILES string of the molecule is CC(SCCCC#N)c1ccccc1. The summed E-state index contributed by atoms with van der Waals surface area (Å²) in [5.74, 6) is 1.07. The molecule has 0 spiro atoms. The fourth-order valence-electron chi connectivity index (χ4n) is 1.23. The van der Waals surface area contributed by atoms with Gasteiger partial charge in [-0.15, -0.1) is 0 Å². The van der Waals surface area contributed by atoms with Crippen LogP contribution < -0.4 is 0 Å². The number of unbranched alkanes of at least 4 members (excludes halogenated alkanes) is 1. The first-order valence-electron chi connectivity index (χ1n) is 4.88. The van der Waals surface area contributed by atoms with Crippen LogP contribution >= 0.6 is 11.8 Å². The summed E-state index contributed by atoms with van der Waals surface area (Å²) < 4.78 is 0. The van der Waals surface area contributed by atoms with E-state index in [0.717, 1.165) is 12.2 Å². The lowest BCUT2D eigenvalue weighted by atomic mass is 10.2. The minimum Gasteiger partial charge on any atom is -0.198 e. The third-order valence-electron chi connectivity index (χ3n) is 2.07. The van der Waals surface area contributed by atoms with Crippen LogP contribution in [0.25, 0.3) is 0 Å². The molecule has 1 nitrogen and oxygen atoms in total. The summed E-state index contributed by atoms with van der Waals surface area (Å²) >= 11 is 1.92. The van der Waals surface area contributed by atoms with Crippen LogP contribution in [0, 0.1) is 11.3 Å². The standard InChI is InChI=1S/C12H15NS/c1-11(14-10-6-5-9-13)12-7-3-2-4-8-12/h2-4,7-8,11H,5-6,10H2,1H3. The molecule has 0 N–H and O–H groups in total. The number of rotatable bonds is 5. The molecule has 0 aliphatic carbocycles. The lowest BCUT2D eigenvalue weighted by Crippen LogP contribution is -1.89. The van der Waals surface area contributed by atoms with E-state index in [0.29, 0.717) is 11.7 Å². The minimum absolute atomic E-state index is 0.537. The van der Waals surface area contributed by atoms with Gasteiger partial charge in [0.1, 0.15) is 0 Å². The molecule has 0 saturated heterocycles. The van der Waals surface area contributed by atoms with Crippen molar-refractivity contribution in [3.63, 3.8) is 0 Å². The van der Waals surface area contributed by atoms with Gasteiger partial charge in [0.05, 0.1) is 6.07 Å². The molecule has 74 valence electrons. The monoisotopic (exact) mass is 205 g/mol. The summed E-state index contributed by atoms with van der Waals surface area (Å²) in [6.45, 7) is 2.21. The maximum atomic E-state index is 8.39. The Morgan fingerprint density at radius 3 is 2.71 bits per heavy atom. The largest absolute Gasteiger partial charge is 0.198 e. The molecular formula is C12H15NS. The van der Waals surface area contributed by atoms with Crippen LogP contribution in [0.1, 0.15) is 30.6 Å². The predicted octanol–water partition coefficient (Wildman–Crippen LogP) is 3.78. The molecule has 0 heterocycles. The van der Waals surface area contributed by atoms with E-state index in [9.17, 15) is 0 Å². The van der Waals surface area contributed by atoms with E-state index in [-0.39, 0.29) is 0 Å². The van der Waals surface area contributed by atoms with Gasteiger partial charge in [-0.2, -0.15) is 17.0 Å². The number of nitrogens with zero attached hydrogens (tertiary/aromatic N) is 1. The molecule has 0 radical (unpaired) electrons. The Hall–Kier alpha value is -0.940. The Morgan fingerprint density at radius 1 is 1.36 bits per heavy atom. The van der Waals surface area contributed by atoms with E-state index in [1.807, 2.05) is 17.8 Å². The van der Waals surface area contributed by atoms with Crippen LogP contribution in [-0.2, 0) is 0 Å². The van der Waals surface area contributed by atoms with E-state index in [1.165, 1.54) is 5.56 Å². The molecule has 0 bridgehead atoms. The van der Waals surface area contributed by atoms with Gasteiger partial charge in [0.2, 0.25) is 0 Å². The lowest BCUT2D eigenvalue weighted by Gasteiger charge is -2.10. The van der Waals surface area contributed by atoms with Crippen molar-refractivity contribution >= 4 is 11.8 Å². The van der Waals surface area contributed by atoms with Crippen LogP contribution in [0.5, 0.6) is 0 Å². The van der Waals surface area contributed by atoms with Gasteiger partial charge in [0, 0.05) is 11.7 Å². The van der Waals surface area contributed by atoms with Crippen molar-refractivity contribution in [3.8, 4) is 6.07 Å². The molecule has 1 aromatic rings. The summed E-state index contributed by atoms with van der Waals surface area (Å²) in [6.07, 6.45) is 1.67. The highest BCUT2D eigenvalue weighted by atomic mass is 32.2. The Kier molecular flexibility index (Phi) is 5.17. The van der Waals surface area contributed by atoms with Crippen LogP contribution in [0.4, 0.5) is 0 Å². The van der Waals surface area contributed by atoms with Crippen LogP contribution in [0.3, 0.4) is 0 Å². The second-order valence-corrected chi connectivity index (χ2v) is 4.63. The molecule has 1 rings (SSSR count). The average molecular weight is 205 g/mol. The van der Waals surface area contributed by atoms with Gasteiger partial charge in [-0.1, -0.05) is 30.3 Å². The van der Waals surface area contributed by atoms with E-state index >= 15 is 0 Å². The van der Waals surface area contributed by atoms with E-state index in [2.05, 4.69) is 37.3 Å². The van der Waals surface area contributed by atoms with Crippen molar-refractivity contribution in [1.82, 2.24) is 0 Å². The van der Waals surface area contributed by atoms with Crippen molar-refractivity contribution in [1.29, 1.82) is 5.26 Å². The van der Waals surface area contributed by atoms with Gasteiger partial charge in [0.15, 0.2) is 0 Å². The first kappa shape index (κ1) is 11.1. The molecule has 1 unspecified atom stereocenters. The number of benzene rings is 1. The Balaban J connectivity index is 2.29. The van der Waals surface area contributed by atoms with Gasteiger partial charge in [-0.3, -0.25) is 0 Å². The maximum Gasteiger partial charge on any atom is 0.0622 e. The Bertz CT molecular complexity index is 289. The van der Waals surface area contributed by atoms with Gasteiger partial charge < -0.3 is 0 Å². The van der Waals surface area contributed by atoms with Crippen LogP contribution in [-0.4, -0.2) is 5.75 Å². The highest BCUT2D eigenvalue weighted by Gasteiger charge is 2.03. The van der Waals surface area contributed by atoms with Crippen molar-refractivity contribution in [2.45, 2.75) is 25.0 Å². The molecule has 1 atom stereocenters. The van der Waals surface area contributed by atoms with E-state index in [4.69, 9.17) is 5.26 Å². The molecule has 1 aromatic carbocycles. The Morgan fingerprint density at radius 2 is 2.07 bits per heavy atom. The third kappa shape index (κ3) is 3.85. The van der Waals surface area contributed by atoms with E-state index in [1.54, 1.807) is 0 Å². The van der Waals surface area contributed by atoms with Gasteiger partial charge in [-0.25, -0.2) is 0 Å². The normalized spacial score (nSPS) is 12.0.